The average molecular weight is 381 g/mol. The van der Waals surface area contributed by atoms with E-state index in [4.69, 9.17) is 9.47 Å². The lowest BCUT2D eigenvalue weighted by atomic mass is 10.2. The molecule has 0 saturated carbocycles. The summed E-state index contributed by atoms with van der Waals surface area (Å²) in [6.07, 6.45) is 0.730. The largest absolute Gasteiger partial charge is 0.497 e. The van der Waals surface area contributed by atoms with Crippen LogP contribution in [0.2, 0.25) is 0 Å². The predicted molar refractivity (Wildman–Crippen MR) is 88.2 cm³/mol. The highest BCUT2D eigenvalue weighted by Crippen LogP contribution is 2.13. The standard InChI is InChI=1S/C16H17BrN2O4/c1-10(23-16(21)14-7-12(17)9-18-14)15(20)19-8-11-3-5-13(22-2)6-4-11/h3-7,9-10,18H,8H2,1-2H3,(H,19,20). The van der Waals surface area contributed by atoms with Crippen LogP contribution in [0.25, 0.3) is 0 Å². The first kappa shape index (κ1) is 17.1. The van der Waals surface area contributed by atoms with Gasteiger partial charge in [0.1, 0.15) is 11.4 Å². The van der Waals surface area contributed by atoms with Gasteiger partial charge >= 0.3 is 5.97 Å². The summed E-state index contributed by atoms with van der Waals surface area (Å²) in [7, 11) is 1.59. The first-order chi connectivity index (χ1) is 11.0. The Balaban J connectivity index is 1.83. The van der Waals surface area contributed by atoms with E-state index >= 15 is 0 Å². The Morgan fingerprint density at radius 1 is 1.30 bits per heavy atom. The van der Waals surface area contributed by atoms with Gasteiger partial charge in [-0.15, -0.1) is 0 Å². The lowest BCUT2D eigenvalue weighted by Gasteiger charge is -2.13. The fourth-order valence-electron chi connectivity index (χ4n) is 1.84. The van der Waals surface area contributed by atoms with E-state index in [0.29, 0.717) is 6.54 Å². The monoisotopic (exact) mass is 380 g/mol. The van der Waals surface area contributed by atoms with Crippen LogP contribution < -0.4 is 10.1 Å². The van der Waals surface area contributed by atoms with Crippen molar-refractivity contribution in [3.05, 3.63) is 52.3 Å². The fourth-order valence-corrected chi connectivity index (χ4v) is 2.18. The summed E-state index contributed by atoms with van der Waals surface area (Å²) in [6, 6.07) is 8.92. The summed E-state index contributed by atoms with van der Waals surface area (Å²) >= 11 is 3.23. The molecule has 122 valence electrons. The van der Waals surface area contributed by atoms with E-state index in [1.165, 1.54) is 6.92 Å². The van der Waals surface area contributed by atoms with E-state index in [-0.39, 0.29) is 11.6 Å². The molecule has 0 aliphatic heterocycles. The molecule has 2 rings (SSSR count). The molecular formula is C16H17BrN2O4. The van der Waals surface area contributed by atoms with Crippen molar-refractivity contribution in [3.63, 3.8) is 0 Å². The third kappa shape index (κ3) is 4.85. The van der Waals surface area contributed by atoms with E-state index in [1.807, 2.05) is 24.3 Å². The van der Waals surface area contributed by atoms with Crippen LogP contribution in [0.15, 0.2) is 41.0 Å². The molecule has 1 atom stereocenters. The molecule has 1 unspecified atom stereocenters. The third-order valence-corrected chi connectivity index (χ3v) is 3.60. The number of hydrogen-bond donors (Lipinski definition) is 2. The van der Waals surface area contributed by atoms with Gasteiger partial charge in [0.25, 0.3) is 5.91 Å². The summed E-state index contributed by atoms with van der Waals surface area (Å²) in [4.78, 5) is 26.6. The number of carbonyl (C=O) groups excluding carboxylic acids is 2. The van der Waals surface area contributed by atoms with Gasteiger partial charge in [0, 0.05) is 17.2 Å². The number of H-pyrrole nitrogens is 1. The summed E-state index contributed by atoms with van der Waals surface area (Å²) in [5.74, 6) is -0.193. The normalized spacial score (nSPS) is 11.6. The number of benzene rings is 1. The van der Waals surface area contributed by atoms with Gasteiger partial charge in [-0.25, -0.2) is 4.79 Å². The molecule has 2 N–H and O–H groups in total. The molecule has 2 aromatic rings. The molecule has 0 fully saturated rings. The topological polar surface area (TPSA) is 80.4 Å². The number of aromatic nitrogens is 1. The Morgan fingerprint density at radius 2 is 2.00 bits per heavy atom. The molecule has 1 aromatic carbocycles. The molecule has 0 aliphatic rings. The maximum atomic E-state index is 12.0. The zero-order chi connectivity index (χ0) is 16.8. The van der Waals surface area contributed by atoms with E-state index in [2.05, 4.69) is 26.2 Å². The van der Waals surface area contributed by atoms with Crippen LogP contribution >= 0.6 is 15.9 Å². The smallest absolute Gasteiger partial charge is 0.355 e. The number of carbonyl (C=O) groups is 2. The SMILES string of the molecule is COc1ccc(CNC(=O)C(C)OC(=O)c2cc(Br)c[nH]2)cc1. The highest BCUT2D eigenvalue weighted by atomic mass is 79.9. The molecule has 7 heteroatoms. The molecule has 0 radical (unpaired) electrons. The first-order valence-electron chi connectivity index (χ1n) is 6.95. The summed E-state index contributed by atoms with van der Waals surface area (Å²) in [5.41, 5.74) is 1.21. The number of methoxy groups -OCH3 is 1. The Labute approximate surface area is 142 Å². The highest BCUT2D eigenvalue weighted by Gasteiger charge is 2.19. The molecule has 0 saturated heterocycles. The van der Waals surface area contributed by atoms with E-state index in [1.54, 1.807) is 19.4 Å². The van der Waals surface area contributed by atoms with Gasteiger partial charge in [0.15, 0.2) is 6.10 Å². The number of nitrogens with one attached hydrogen (secondary N) is 2. The molecule has 1 amide bonds. The zero-order valence-electron chi connectivity index (χ0n) is 12.8. The van der Waals surface area contributed by atoms with Crippen molar-refractivity contribution in [1.82, 2.24) is 10.3 Å². The average Bonchev–Trinajstić information content (AvgIpc) is 2.99. The number of hydrogen-bond acceptors (Lipinski definition) is 4. The van der Waals surface area contributed by atoms with E-state index in [0.717, 1.165) is 15.8 Å². The van der Waals surface area contributed by atoms with Gasteiger partial charge in [-0.1, -0.05) is 12.1 Å². The van der Waals surface area contributed by atoms with Crippen molar-refractivity contribution in [2.75, 3.05) is 7.11 Å². The van der Waals surface area contributed by atoms with Gasteiger partial charge in [-0.2, -0.15) is 0 Å². The molecular weight excluding hydrogens is 364 g/mol. The second kappa shape index (κ2) is 7.82. The quantitative estimate of drug-likeness (QED) is 0.754. The summed E-state index contributed by atoms with van der Waals surface area (Å²) < 4.78 is 10.9. The first-order valence-corrected chi connectivity index (χ1v) is 7.74. The molecule has 0 spiro atoms. The number of ether oxygens (including phenoxy) is 2. The molecule has 23 heavy (non-hydrogen) atoms. The van der Waals surface area contributed by atoms with Crippen molar-refractivity contribution in [2.24, 2.45) is 0 Å². The Kier molecular flexibility index (Phi) is 5.81. The minimum absolute atomic E-state index is 0.284. The second-order valence-corrected chi connectivity index (χ2v) is 5.76. The summed E-state index contributed by atoms with van der Waals surface area (Å²) in [6.45, 7) is 1.87. The second-order valence-electron chi connectivity index (χ2n) is 4.84. The van der Waals surface area contributed by atoms with Gasteiger partial charge < -0.3 is 19.8 Å². The van der Waals surface area contributed by atoms with Crippen LogP contribution in [-0.2, 0) is 16.1 Å². The van der Waals surface area contributed by atoms with Gasteiger partial charge in [0.2, 0.25) is 0 Å². The number of amides is 1. The number of aromatic amines is 1. The third-order valence-electron chi connectivity index (χ3n) is 3.15. The maximum absolute atomic E-state index is 12.0. The van der Waals surface area contributed by atoms with Crippen molar-refractivity contribution in [1.29, 1.82) is 0 Å². The van der Waals surface area contributed by atoms with Crippen molar-refractivity contribution >= 4 is 27.8 Å². The van der Waals surface area contributed by atoms with Crippen LogP contribution in [-0.4, -0.2) is 30.1 Å². The predicted octanol–water partition coefficient (Wildman–Crippen LogP) is 2.65. The van der Waals surface area contributed by atoms with Crippen molar-refractivity contribution in [2.45, 2.75) is 19.6 Å². The van der Waals surface area contributed by atoms with Crippen LogP contribution in [0, 0.1) is 0 Å². The highest BCUT2D eigenvalue weighted by molar-refractivity contribution is 9.10. The molecule has 1 aromatic heterocycles. The maximum Gasteiger partial charge on any atom is 0.355 e. The Morgan fingerprint density at radius 3 is 2.57 bits per heavy atom. The molecule has 0 bridgehead atoms. The van der Waals surface area contributed by atoms with Gasteiger partial charge in [-0.3, -0.25) is 4.79 Å². The van der Waals surface area contributed by atoms with Crippen LogP contribution in [0.3, 0.4) is 0 Å². The van der Waals surface area contributed by atoms with Crippen molar-refractivity contribution < 1.29 is 19.1 Å². The van der Waals surface area contributed by atoms with Gasteiger partial charge in [0.05, 0.1) is 7.11 Å². The van der Waals surface area contributed by atoms with Gasteiger partial charge in [-0.05, 0) is 46.6 Å². The number of esters is 1. The molecule has 1 heterocycles. The fraction of sp³-hybridized carbons (Fsp3) is 0.250. The summed E-state index contributed by atoms with van der Waals surface area (Å²) in [5, 5.41) is 2.72. The molecule has 0 aliphatic carbocycles. The lowest BCUT2D eigenvalue weighted by molar-refractivity contribution is -0.129. The van der Waals surface area contributed by atoms with Crippen LogP contribution in [0.1, 0.15) is 23.0 Å². The Hall–Kier alpha value is -2.28. The zero-order valence-corrected chi connectivity index (χ0v) is 14.3. The van der Waals surface area contributed by atoms with E-state index < -0.39 is 12.1 Å². The molecule has 6 nitrogen and oxygen atoms in total. The lowest BCUT2D eigenvalue weighted by Crippen LogP contribution is -2.35. The minimum atomic E-state index is -0.886. The number of rotatable bonds is 6. The number of halogens is 1. The van der Waals surface area contributed by atoms with Crippen LogP contribution in [0.4, 0.5) is 0 Å². The minimum Gasteiger partial charge on any atom is -0.497 e. The Bertz CT molecular complexity index is 682. The van der Waals surface area contributed by atoms with Crippen LogP contribution in [0.5, 0.6) is 5.75 Å². The van der Waals surface area contributed by atoms with Crippen molar-refractivity contribution in [3.8, 4) is 5.75 Å². The van der Waals surface area contributed by atoms with E-state index in [9.17, 15) is 9.59 Å².